The van der Waals surface area contributed by atoms with Gasteiger partial charge in [-0.1, -0.05) is 30.3 Å². The quantitative estimate of drug-likeness (QED) is 0.108. The van der Waals surface area contributed by atoms with E-state index in [1.807, 2.05) is 30.3 Å². The minimum atomic E-state index is -1.22. The summed E-state index contributed by atoms with van der Waals surface area (Å²) in [7, 11) is 0. The fourth-order valence-corrected chi connectivity index (χ4v) is 3.10. The zero-order valence-corrected chi connectivity index (χ0v) is 18.1. The van der Waals surface area contributed by atoms with E-state index >= 15 is 0 Å². The molecule has 2 rings (SSSR count). The molecule has 1 aromatic heterocycles. The maximum Gasteiger partial charge on any atom is 0.326 e. The molecule has 12 heteroatoms. The van der Waals surface area contributed by atoms with E-state index in [9.17, 15) is 19.5 Å². The Morgan fingerprint density at radius 3 is 2.36 bits per heavy atom. The van der Waals surface area contributed by atoms with Gasteiger partial charge in [-0.2, -0.15) is 0 Å². The molecule has 33 heavy (non-hydrogen) atoms. The van der Waals surface area contributed by atoms with Crippen LogP contribution in [0.25, 0.3) is 0 Å². The number of carboxylic acid groups (broad SMARTS) is 1. The number of carboxylic acids is 1. The Labute approximate surface area is 191 Å². The van der Waals surface area contributed by atoms with E-state index < -0.39 is 35.9 Å². The van der Waals surface area contributed by atoms with Crippen LogP contribution in [0, 0.1) is 0 Å². The number of nitrogens with zero attached hydrogens (tertiary/aromatic N) is 2. The van der Waals surface area contributed by atoms with Crippen molar-refractivity contribution in [1.29, 1.82) is 0 Å². The number of amides is 2. The third kappa shape index (κ3) is 8.99. The van der Waals surface area contributed by atoms with Gasteiger partial charge in [-0.25, -0.2) is 9.78 Å². The summed E-state index contributed by atoms with van der Waals surface area (Å²) in [6.45, 7) is 0.245. The second kappa shape index (κ2) is 12.8. The molecule has 0 saturated heterocycles. The second-order valence-electron chi connectivity index (χ2n) is 7.49. The molecule has 1 aromatic carbocycles. The highest BCUT2D eigenvalue weighted by Gasteiger charge is 2.28. The molecule has 0 saturated carbocycles. The van der Waals surface area contributed by atoms with Gasteiger partial charge in [0.2, 0.25) is 11.8 Å². The Hall–Kier alpha value is -3.93. The lowest BCUT2D eigenvalue weighted by Gasteiger charge is -2.23. The van der Waals surface area contributed by atoms with E-state index in [2.05, 4.69) is 25.6 Å². The van der Waals surface area contributed by atoms with Crippen molar-refractivity contribution < 1.29 is 19.5 Å². The molecule has 0 aliphatic heterocycles. The van der Waals surface area contributed by atoms with E-state index in [0.29, 0.717) is 12.1 Å². The number of imidazole rings is 1. The number of carbonyl (C=O) groups is 3. The minimum Gasteiger partial charge on any atom is -0.480 e. The van der Waals surface area contributed by atoms with Crippen molar-refractivity contribution in [3.8, 4) is 0 Å². The number of aliphatic carboxylic acids is 1. The molecule has 12 nitrogen and oxygen atoms in total. The molecule has 0 aliphatic carbocycles. The Bertz CT molecular complexity index is 929. The normalized spacial score (nSPS) is 13.4. The van der Waals surface area contributed by atoms with Crippen molar-refractivity contribution >= 4 is 23.7 Å². The van der Waals surface area contributed by atoms with Gasteiger partial charge < -0.3 is 37.9 Å². The number of rotatable bonds is 13. The van der Waals surface area contributed by atoms with Crippen molar-refractivity contribution in [3.63, 3.8) is 0 Å². The number of benzene rings is 1. The van der Waals surface area contributed by atoms with E-state index in [4.69, 9.17) is 17.2 Å². The van der Waals surface area contributed by atoms with Crippen molar-refractivity contribution in [2.75, 3.05) is 6.54 Å². The number of nitrogens with one attached hydrogen (secondary N) is 3. The molecule has 0 radical (unpaired) electrons. The Kier molecular flexibility index (Phi) is 9.83. The van der Waals surface area contributed by atoms with Gasteiger partial charge in [-0.05, 0) is 24.8 Å². The maximum atomic E-state index is 12.9. The average Bonchev–Trinajstić information content (AvgIpc) is 3.28. The molecule has 2 aromatic rings. The molecule has 1 heterocycles. The molecular weight excluding hydrogens is 428 g/mol. The molecule has 2 amide bonds. The third-order valence-electron chi connectivity index (χ3n) is 4.81. The van der Waals surface area contributed by atoms with Crippen LogP contribution in [0.5, 0.6) is 0 Å². The highest BCUT2D eigenvalue weighted by molar-refractivity contribution is 5.91. The predicted molar refractivity (Wildman–Crippen MR) is 122 cm³/mol. The number of nitrogens with two attached hydrogens (primary N) is 3. The second-order valence-corrected chi connectivity index (χ2v) is 7.49. The van der Waals surface area contributed by atoms with Gasteiger partial charge in [0.15, 0.2) is 5.96 Å². The minimum absolute atomic E-state index is 0.00324. The molecule has 0 fully saturated rings. The van der Waals surface area contributed by atoms with Crippen molar-refractivity contribution in [1.82, 2.24) is 20.6 Å². The predicted octanol–water partition coefficient (Wildman–Crippen LogP) is -1.37. The summed E-state index contributed by atoms with van der Waals surface area (Å²) < 4.78 is 0. The van der Waals surface area contributed by atoms with Gasteiger partial charge in [0.05, 0.1) is 12.4 Å². The highest BCUT2D eigenvalue weighted by atomic mass is 16.4. The summed E-state index contributed by atoms with van der Waals surface area (Å²) in [6, 6.07) is 6.11. The van der Waals surface area contributed by atoms with Gasteiger partial charge in [0, 0.05) is 24.9 Å². The molecule has 10 N–H and O–H groups in total. The van der Waals surface area contributed by atoms with Crippen LogP contribution in [0.4, 0.5) is 0 Å². The first kappa shape index (κ1) is 25.3. The SMILES string of the molecule is NC(N)=NCCCC(NC(=O)C(N)Cc1ccccc1)C(=O)NC(Cc1cnc[nH]1)C(=O)O. The van der Waals surface area contributed by atoms with Gasteiger partial charge in [0.1, 0.15) is 12.1 Å². The lowest BCUT2D eigenvalue weighted by Crippen LogP contribution is -2.55. The number of guanidine groups is 1. The van der Waals surface area contributed by atoms with Crippen molar-refractivity contribution in [3.05, 3.63) is 54.1 Å². The fraction of sp³-hybridized carbons (Fsp3) is 0.381. The van der Waals surface area contributed by atoms with Crippen LogP contribution in [0.3, 0.4) is 0 Å². The smallest absolute Gasteiger partial charge is 0.326 e. The number of aromatic nitrogens is 2. The van der Waals surface area contributed by atoms with Crippen molar-refractivity contribution in [2.24, 2.45) is 22.2 Å². The van der Waals surface area contributed by atoms with Crippen LogP contribution in [0.1, 0.15) is 24.1 Å². The monoisotopic (exact) mass is 458 g/mol. The number of hydrogen-bond donors (Lipinski definition) is 7. The molecular formula is C21H30N8O4. The van der Waals surface area contributed by atoms with Crippen LogP contribution in [0.15, 0.2) is 47.8 Å². The maximum absolute atomic E-state index is 12.9. The number of H-pyrrole nitrogens is 1. The summed E-state index contributed by atoms with van der Waals surface area (Å²) in [6.07, 6.45) is 3.73. The van der Waals surface area contributed by atoms with Gasteiger partial charge in [-0.15, -0.1) is 0 Å². The Morgan fingerprint density at radius 1 is 1.06 bits per heavy atom. The number of aromatic amines is 1. The molecule has 0 bridgehead atoms. The largest absolute Gasteiger partial charge is 0.480 e. The third-order valence-corrected chi connectivity index (χ3v) is 4.81. The Balaban J connectivity index is 2.05. The van der Waals surface area contributed by atoms with E-state index in [0.717, 1.165) is 5.56 Å². The summed E-state index contributed by atoms with van der Waals surface area (Å²) in [5.41, 5.74) is 18.1. The average molecular weight is 459 g/mol. The van der Waals surface area contributed by atoms with Gasteiger partial charge in [0.25, 0.3) is 0 Å². The molecule has 0 aliphatic rings. The van der Waals surface area contributed by atoms with Crippen LogP contribution >= 0.6 is 0 Å². The molecule has 178 valence electrons. The summed E-state index contributed by atoms with van der Waals surface area (Å²) in [5.74, 6) is -2.48. The standard InChI is InChI=1S/C21H30N8O4/c22-15(9-13-5-2-1-3-6-13)18(30)28-16(7-4-8-26-21(23)24)19(31)29-17(20(32)33)10-14-11-25-12-27-14/h1-3,5-6,11-12,15-17H,4,7-10,22H2,(H,25,27)(H,28,30)(H,29,31)(H,32,33)(H4,23,24,26). The highest BCUT2D eigenvalue weighted by Crippen LogP contribution is 2.06. The number of hydrogen-bond acceptors (Lipinski definition) is 6. The fourth-order valence-electron chi connectivity index (χ4n) is 3.10. The summed E-state index contributed by atoms with van der Waals surface area (Å²) in [5, 5.41) is 14.6. The van der Waals surface area contributed by atoms with Crippen LogP contribution in [0.2, 0.25) is 0 Å². The zero-order valence-electron chi connectivity index (χ0n) is 18.1. The van der Waals surface area contributed by atoms with Crippen LogP contribution < -0.4 is 27.8 Å². The number of aliphatic imine (C=N–C) groups is 1. The van der Waals surface area contributed by atoms with E-state index in [1.165, 1.54) is 12.5 Å². The first-order valence-electron chi connectivity index (χ1n) is 10.4. The van der Waals surface area contributed by atoms with Crippen molar-refractivity contribution in [2.45, 2.75) is 43.8 Å². The topological polar surface area (TPSA) is 215 Å². The number of carbonyl (C=O) groups excluding carboxylic acids is 2. The first-order valence-corrected chi connectivity index (χ1v) is 10.4. The van der Waals surface area contributed by atoms with E-state index in [1.54, 1.807) is 0 Å². The lowest BCUT2D eigenvalue weighted by molar-refractivity contribution is -0.142. The molecule has 3 unspecified atom stereocenters. The van der Waals surface area contributed by atoms with Crippen LogP contribution in [-0.4, -0.2) is 63.5 Å². The zero-order chi connectivity index (χ0) is 24.2. The Morgan fingerprint density at radius 2 is 1.76 bits per heavy atom. The van der Waals surface area contributed by atoms with E-state index in [-0.39, 0.29) is 31.8 Å². The molecule has 0 spiro atoms. The molecule has 3 atom stereocenters. The van der Waals surface area contributed by atoms with Crippen LogP contribution in [-0.2, 0) is 27.2 Å². The summed E-state index contributed by atoms with van der Waals surface area (Å²) >= 11 is 0. The summed E-state index contributed by atoms with van der Waals surface area (Å²) in [4.78, 5) is 47.7. The van der Waals surface area contributed by atoms with Gasteiger partial charge >= 0.3 is 5.97 Å². The first-order chi connectivity index (χ1) is 15.8. The van der Waals surface area contributed by atoms with Gasteiger partial charge in [-0.3, -0.25) is 14.6 Å². The lowest BCUT2D eigenvalue weighted by atomic mass is 10.0.